The lowest BCUT2D eigenvalue weighted by Gasteiger charge is -2.09. The van der Waals surface area contributed by atoms with Gasteiger partial charge in [0.2, 0.25) is 0 Å². The molecule has 2 aromatic rings. The Hall–Kier alpha value is -1.62. The molecule has 0 fully saturated rings. The Labute approximate surface area is 101 Å². The molecule has 0 radical (unpaired) electrons. The second kappa shape index (κ2) is 4.49. The van der Waals surface area contributed by atoms with Crippen LogP contribution in [0.15, 0.2) is 41.0 Å². The van der Waals surface area contributed by atoms with Gasteiger partial charge in [-0.05, 0) is 46.3 Å². The van der Waals surface area contributed by atoms with Gasteiger partial charge in [-0.15, -0.1) is 0 Å². The quantitative estimate of drug-likeness (QED) is 0.888. The molecule has 1 aromatic heterocycles. The summed E-state index contributed by atoms with van der Waals surface area (Å²) in [5.41, 5.74) is 6.82. The zero-order valence-electron chi connectivity index (χ0n) is 8.24. The molecule has 16 heavy (non-hydrogen) atoms. The van der Waals surface area contributed by atoms with Gasteiger partial charge in [0.25, 0.3) is 0 Å². The molecule has 2 rings (SSSR count). The van der Waals surface area contributed by atoms with E-state index in [-0.39, 0.29) is 5.82 Å². The summed E-state index contributed by atoms with van der Waals surface area (Å²) in [6.45, 7) is 0. The average molecular weight is 282 g/mol. The van der Waals surface area contributed by atoms with Crippen molar-refractivity contribution < 1.29 is 4.39 Å². The second-order valence-corrected chi connectivity index (χ2v) is 4.04. The van der Waals surface area contributed by atoms with Crippen LogP contribution in [0.4, 0.5) is 21.6 Å². The lowest BCUT2D eigenvalue weighted by atomic mass is 10.3. The van der Waals surface area contributed by atoms with E-state index in [0.717, 1.165) is 4.47 Å². The topological polar surface area (TPSA) is 50.9 Å². The summed E-state index contributed by atoms with van der Waals surface area (Å²) in [7, 11) is 0. The van der Waals surface area contributed by atoms with Gasteiger partial charge in [-0.3, -0.25) is 0 Å². The van der Waals surface area contributed by atoms with Crippen LogP contribution >= 0.6 is 15.9 Å². The van der Waals surface area contributed by atoms with E-state index in [1.165, 1.54) is 12.1 Å². The predicted molar refractivity (Wildman–Crippen MR) is 66.0 cm³/mol. The van der Waals surface area contributed by atoms with Crippen LogP contribution in [-0.4, -0.2) is 4.98 Å². The maximum atomic E-state index is 13.0. The van der Waals surface area contributed by atoms with Gasteiger partial charge in [-0.1, -0.05) is 0 Å². The van der Waals surface area contributed by atoms with Crippen molar-refractivity contribution in [3.63, 3.8) is 0 Å². The molecule has 0 atom stereocenters. The number of halogens is 2. The van der Waals surface area contributed by atoms with E-state index < -0.39 is 0 Å². The predicted octanol–water partition coefficient (Wildman–Crippen LogP) is 3.31. The number of nitrogens with zero attached hydrogens (tertiary/aromatic N) is 1. The Kier molecular flexibility index (Phi) is 3.05. The first-order chi connectivity index (χ1) is 7.66. The minimum atomic E-state index is -0.319. The van der Waals surface area contributed by atoms with Crippen molar-refractivity contribution in [2.24, 2.45) is 0 Å². The highest BCUT2D eigenvalue weighted by atomic mass is 79.9. The summed E-state index contributed by atoms with van der Waals surface area (Å²) >= 11 is 3.31. The normalized spacial score (nSPS) is 10.1. The van der Waals surface area contributed by atoms with Gasteiger partial charge in [-0.2, -0.15) is 0 Å². The molecule has 3 nitrogen and oxygen atoms in total. The third kappa shape index (κ3) is 2.30. The first-order valence-corrected chi connectivity index (χ1v) is 5.38. The molecule has 0 saturated heterocycles. The number of anilines is 3. The van der Waals surface area contributed by atoms with E-state index >= 15 is 0 Å². The third-order valence-electron chi connectivity index (χ3n) is 2.02. The van der Waals surface area contributed by atoms with Crippen molar-refractivity contribution in [1.82, 2.24) is 4.98 Å². The van der Waals surface area contributed by atoms with Crippen LogP contribution in [0.25, 0.3) is 0 Å². The van der Waals surface area contributed by atoms with E-state index in [0.29, 0.717) is 17.2 Å². The minimum Gasteiger partial charge on any atom is -0.396 e. The van der Waals surface area contributed by atoms with Gasteiger partial charge in [0.05, 0.1) is 11.4 Å². The highest BCUT2D eigenvalue weighted by molar-refractivity contribution is 9.10. The van der Waals surface area contributed by atoms with E-state index in [1.54, 1.807) is 24.4 Å². The minimum absolute atomic E-state index is 0.319. The molecular formula is C11H9BrFN3. The zero-order valence-corrected chi connectivity index (χ0v) is 9.83. The number of rotatable bonds is 2. The van der Waals surface area contributed by atoms with Crippen molar-refractivity contribution in [2.75, 3.05) is 11.1 Å². The van der Waals surface area contributed by atoms with Crippen LogP contribution in [0.2, 0.25) is 0 Å². The Morgan fingerprint density at radius 1 is 1.31 bits per heavy atom. The molecular weight excluding hydrogens is 273 g/mol. The van der Waals surface area contributed by atoms with E-state index in [2.05, 4.69) is 26.2 Å². The maximum absolute atomic E-state index is 13.0. The summed E-state index contributed by atoms with van der Waals surface area (Å²) in [5, 5.41) is 2.96. The number of aromatic nitrogens is 1. The van der Waals surface area contributed by atoms with E-state index in [1.807, 2.05) is 0 Å². The molecule has 1 heterocycles. The van der Waals surface area contributed by atoms with Gasteiger partial charge in [0, 0.05) is 10.7 Å². The van der Waals surface area contributed by atoms with Crippen LogP contribution in [0.3, 0.4) is 0 Å². The standard InChI is InChI=1S/C11H9BrFN3/c12-8-4-3-7(13)6-10(8)16-11-9(14)2-1-5-15-11/h1-6H,14H2,(H,15,16). The molecule has 3 N–H and O–H groups in total. The lowest BCUT2D eigenvalue weighted by molar-refractivity contribution is 0.628. The lowest BCUT2D eigenvalue weighted by Crippen LogP contribution is -1.99. The molecule has 0 aliphatic carbocycles. The van der Waals surface area contributed by atoms with Crippen LogP contribution < -0.4 is 11.1 Å². The van der Waals surface area contributed by atoms with Crippen molar-refractivity contribution in [3.05, 3.63) is 46.8 Å². The summed E-state index contributed by atoms with van der Waals surface area (Å²) in [4.78, 5) is 4.06. The fraction of sp³-hybridized carbons (Fsp3) is 0. The SMILES string of the molecule is Nc1cccnc1Nc1cc(F)ccc1Br. The Morgan fingerprint density at radius 3 is 2.88 bits per heavy atom. The number of nitrogens with two attached hydrogens (primary N) is 1. The van der Waals surface area contributed by atoms with Crippen molar-refractivity contribution >= 4 is 33.1 Å². The number of nitrogens with one attached hydrogen (secondary N) is 1. The number of hydrogen-bond acceptors (Lipinski definition) is 3. The van der Waals surface area contributed by atoms with Gasteiger partial charge in [0.15, 0.2) is 5.82 Å². The zero-order chi connectivity index (χ0) is 11.5. The highest BCUT2D eigenvalue weighted by Gasteiger charge is 2.04. The highest BCUT2D eigenvalue weighted by Crippen LogP contribution is 2.27. The Bertz CT molecular complexity index is 516. The van der Waals surface area contributed by atoms with Crippen LogP contribution in [-0.2, 0) is 0 Å². The molecule has 0 aliphatic heterocycles. The molecule has 0 amide bonds. The summed E-state index contributed by atoms with van der Waals surface area (Å²) in [6, 6.07) is 7.83. The maximum Gasteiger partial charge on any atom is 0.153 e. The summed E-state index contributed by atoms with van der Waals surface area (Å²) in [6.07, 6.45) is 1.62. The average Bonchev–Trinajstić information content (AvgIpc) is 2.27. The van der Waals surface area contributed by atoms with Gasteiger partial charge in [0.1, 0.15) is 5.82 Å². The van der Waals surface area contributed by atoms with Crippen LogP contribution in [0.5, 0.6) is 0 Å². The van der Waals surface area contributed by atoms with Gasteiger partial charge in [-0.25, -0.2) is 9.37 Å². The van der Waals surface area contributed by atoms with Crippen molar-refractivity contribution in [1.29, 1.82) is 0 Å². The Morgan fingerprint density at radius 2 is 2.12 bits per heavy atom. The largest absolute Gasteiger partial charge is 0.396 e. The van der Waals surface area contributed by atoms with Crippen LogP contribution in [0, 0.1) is 5.82 Å². The second-order valence-electron chi connectivity index (χ2n) is 3.19. The van der Waals surface area contributed by atoms with Crippen LogP contribution in [0.1, 0.15) is 0 Å². The molecule has 5 heteroatoms. The van der Waals surface area contributed by atoms with Gasteiger partial charge >= 0.3 is 0 Å². The van der Waals surface area contributed by atoms with Gasteiger partial charge < -0.3 is 11.1 Å². The molecule has 0 saturated carbocycles. The number of nitrogen functional groups attached to an aromatic ring is 1. The number of pyridine rings is 1. The first-order valence-electron chi connectivity index (χ1n) is 4.59. The van der Waals surface area contributed by atoms with E-state index in [9.17, 15) is 4.39 Å². The number of hydrogen-bond donors (Lipinski definition) is 2. The fourth-order valence-electron chi connectivity index (χ4n) is 1.24. The number of benzene rings is 1. The molecule has 82 valence electrons. The Balaban J connectivity index is 2.34. The van der Waals surface area contributed by atoms with Crippen molar-refractivity contribution in [3.8, 4) is 0 Å². The molecule has 0 unspecified atom stereocenters. The fourth-order valence-corrected chi connectivity index (χ4v) is 1.59. The smallest absolute Gasteiger partial charge is 0.153 e. The third-order valence-corrected chi connectivity index (χ3v) is 2.71. The monoisotopic (exact) mass is 281 g/mol. The molecule has 1 aromatic carbocycles. The summed E-state index contributed by atoms with van der Waals surface area (Å²) in [5.74, 6) is 0.189. The first kappa shape index (κ1) is 10.9. The summed E-state index contributed by atoms with van der Waals surface area (Å²) < 4.78 is 13.8. The van der Waals surface area contributed by atoms with Crippen molar-refractivity contribution in [2.45, 2.75) is 0 Å². The molecule has 0 aliphatic rings. The molecule has 0 bridgehead atoms. The van der Waals surface area contributed by atoms with E-state index in [4.69, 9.17) is 5.73 Å². The molecule has 0 spiro atoms.